The van der Waals surface area contributed by atoms with Gasteiger partial charge in [0.05, 0.1) is 0 Å². The summed E-state index contributed by atoms with van der Waals surface area (Å²) in [7, 11) is 0. The van der Waals surface area contributed by atoms with Gasteiger partial charge in [0, 0.05) is 11.1 Å². The molecule has 0 atom stereocenters. The quantitative estimate of drug-likeness (QED) is 0.309. The summed E-state index contributed by atoms with van der Waals surface area (Å²) < 4.78 is 0. The summed E-state index contributed by atoms with van der Waals surface area (Å²) in [6.07, 6.45) is 0. The molecule has 31 heavy (non-hydrogen) atoms. The maximum absolute atomic E-state index is 6.31. The number of rotatable bonds is 4. The van der Waals surface area contributed by atoms with Crippen molar-refractivity contribution in [3.05, 3.63) is 114 Å². The molecule has 0 saturated carbocycles. The Kier molecular flexibility index (Phi) is 5.26. The van der Waals surface area contributed by atoms with Gasteiger partial charge in [-0.3, -0.25) is 0 Å². The van der Waals surface area contributed by atoms with Crippen molar-refractivity contribution in [2.75, 3.05) is 0 Å². The Bertz CT molecular complexity index is 1320. The van der Waals surface area contributed by atoms with Crippen LogP contribution >= 0.6 is 11.6 Å². The number of hydrogen-bond acceptors (Lipinski definition) is 3. The standard InChI is InChI=1S/C27H18ClN3/c28-27-30-25(22-17-15-20(16-18-22)19-9-3-1-4-10-19)29-26(31-27)24-14-8-7-13-23(24)21-11-5-2-6-12-21/h1-18H. The lowest BCUT2D eigenvalue weighted by atomic mass is 9.99. The molecule has 0 bridgehead atoms. The number of nitrogens with zero attached hydrogens (tertiary/aromatic N) is 3. The van der Waals surface area contributed by atoms with Crippen molar-refractivity contribution in [2.24, 2.45) is 0 Å². The number of benzene rings is 4. The molecule has 4 heteroatoms. The molecule has 0 aliphatic rings. The van der Waals surface area contributed by atoms with Crippen molar-refractivity contribution in [1.29, 1.82) is 0 Å². The number of hydrogen-bond donors (Lipinski definition) is 0. The van der Waals surface area contributed by atoms with E-state index in [1.807, 2.05) is 66.7 Å². The molecule has 3 nitrogen and oxygen atoms in total. The lowest BCUT2D eigenvalue weighted by molar-refractivity contribution is 1.07. The molecule has 0 radical (unpaired) electrons. The summed E-state index contributed by atoms with van der Waals surface area (Å²) in [4.78, 5) is 13.6. The van der Waals surface area contributed by atoms with Crippen LogP contribution in [0, 0.1) is 0 Å². The first-order valence-corrected chi connectivity index (χ1v) is 10.4. The average molecular weight is 420 g/mol. The second-order valence-electron chi connectivity index (χ2n) is 7.11. The normalized spacial score (nSPS) is 10.7. The Hall–Kier alpha value is -3.82. The summed E-state index contributed by atoms with van der Waals surface area (Å²) in [5, 5.41) is 0.176. The molecule has 5 aromatic rings. The van der Waals surface area contributed by atoms with Gasteiger partial charge in [0.15, 0.2) is 11.6 Å². The van der Waals surface area contributed by atoms with Crippen molar-refractivity contribution in [3.8, 4) is 45.0 Å². The molecule has 0 aliphatic heterocycles. The van der Waals surface area contributed by atoms with Gasteiger partial charge in [-0.25, -0.2) is 4.98 Å². The van der Waals surface area contributed by atoms with Gasteiger partial charge in [-0.2, -0.15) is 9.97 Å². The zero-order valence-electron chi connectivity index (χ0n) is 16.6. The smallest absolute Gasteiger partial charge is 0.208 e. The first-order valence-electron chi connectivity index (χ1n) is 10.0. The van der Waals surface area contributed by atoms with E-state index < -0.39 is 0 Å². The van der Waals surface area contributed by atoms with Gasteiger partial charge in [0.2, 0.25) is 5.28 Å². The molecule has 148 valence electrons. The van der Waals surface area contributed by atoms with Gasteiger partial charge in [0.25, 0.3) is 0 Å². The molecule has 1 heterocycles. The summed E-state index contributed by atoms with van der Waals surface area (Å²) >= 11 is 6.31. The maximum atomic E-state index is 6.31. The Morgan fingerprint density at radius 1 is 0.387 bits per heavy atom. The molecule has 1 aromatic heterocycles. The van der Waals surface area contributed by atoms with Crippen LogP contribution in [0.1, 0.15) is 0 Å². The van der Waals surface area contributed by atoms with Gasteiger partial charge >= 0.3 is 0 Å². The van der Waals surface area contributed by atoms with Crippen LogP contribution in [0.5, 0.6) is 0 Å². The topological polar surface area (TPSA) is 38.7 Å². The molecule has 0 saturated heterocycles. The van der Waals surface area contributed by atoms with Crippen molar-refractivity contribution in [2.45, 2.75) is 0 Å². The third-order valence-corrected chi connectivity index (χ3v) is 5.28. The van der Waals surface area contributed by atoms with E-state index in [0.717, 1.165) is 27.8 Å². The first-order chi connectivity index (χ1) is 15.3. The fourth-order valence-corrected chi connectivity index (χ4v) is 3.75. The minimum atomic E-state index is 0.176. The largest absolute Gasteiger partial charge is 0.226 e. The zero-order chi connectivity index (χ0) is 21.0. The minimum Gasteiger partial charge on any atom is -0.208 e. The summed E-state index contributed by atoms with van der Waals surface area (Å²) in [6, 6.07) is 36.7. The minimum absolute atomic E-state index is 0.176. The highest BCUT2D eigenvalue weighted by molar-refractivity contribution is 6.28. The van der Waals surface area contributed by atoms with E-state index in [1.165, 1.54) is 5.56 Å². The Morgan fingerprint density at radius 3 is 1.55 bits per heavy atom. The maximum Gasteiger partial charge on any atom is 0.226 e. The van der Waals surface area contributed by atoms with Crippen LogP contribution in [0.2, 0.25) is 5.28 Å². The van der Waals surface area contributed by atoms with E-state index >= 15 is 0 Å². The molecule has 0 spiro atoms. The highest BCUT2D eigenvalue weighted by Gasteiger charge is 2.13. The molecule has 0 amide bonds. The Labute approximate surface area is 186 Å². The second-order valence-corrected chi connectivity index (χ2v) is 7.44. The molecule has 4 aromatic carbocycles. The number of halogens is 1. The Balaban J connectivity index is 1.56. The number of aromatic nitrogens is 3. The van der Waals surface area contributed by atoms with E-state index in [1.54, 1.807) is 0 Å². The lowest BCUT2D eigenvalue weighted by Crippen LogP contribution is -1.98. The monoisotopic (exact) mass is 419 g/mol. The van der Waals surface area contributed by atoms with Crippen LogP contribution in [0.3, 0.4) is 0 Å². The zero-order valence-corrected chi connectivity index (χ0v) is 17.4. The van der Waals surface area contributed by atoms with Crippen LogP contribution in [0.25, 0.3) is 45.0 Å². The third kappa shape index (κ3) is 4.09. The highest BCUT2D eigenvalue weighted by atomic mass is 35.5. The van der Waals surface area contributed by atoms with E-state index in [2.05, 4.69) is 52.4 Å². The Morgan fingerprint density at radius 2 is 0.871 bits per heavy atom. The molecule has 0 fully saturated rings. The predicted molar refractivity (Wildman–Crippen MR) is 127 cm³/mol. The highest BCUT2D eigenvalue weighted by Crippen LogP contribution is 2.31. The first kappa shape index (κ1) is 19.2. The van der Waals surface area contributed by atoms with E-state index in [-0.39, 0.29) is 5.28 Å². The van der Waals surface area contributed by atoms with Crippen LogP contribution in [-0.2, 0) is 0 Å². The molecule has 5 rings (SSSR count). The average Bonchev–Trinajstić information content (AvgIpc) is 2.85. The molecule has 0 N–H and O–H groups in total. The second kappa shape index (κ2) is 8.50. The molecule has 0 unspecified atom stereocenters. The SMILES string of the molecule is Clc1nc(-c2ccc(-c3ccccc3)cc2)nc(-c2ccccc2-c2ccccc2)n1. The summed E-state index contributed by atoms with van der Waals surface area (Å²) in [5.41, 5.74) is 6.26. The molecule has 0 aliphatic carbocycles. The van der Waals surface area contributed by atoms with Crippen molar-refractivity contribution in [1.82, 2.24) is 15.0 Å². The van der Waals surface area contributed by atoms with Crippen LogP contribution < -0.4 is 0 Å². The van der Waals surface area contributed by atoms with Gasteiger partial charge < -0.3 is 0 Å². The van der Waals surface area contributed by atoms with Crippen LogP contribution in [0.4, 0.5) is 0 Å². The van der Waals surface area contributed by atoms with Crippen LogP contribution in [0.15, 0.2) is 109 Å². The van der Waals surface area contributed by atoms with E-state index in [4.69, 9.17) is 16.6 Å². The van der Waals surface area contributed by atoms with Crippen molar-refractivity contribution >= 4 is 11.6 Å². The summed E-state index contributed by atoms with van der Waals surface area (Å²) in [5.74, 6) is 1.11. The van der Waals surface area contributed by atoms with Gasteiger partial charge in [-0.15, -0.1) is 0 Å². The van der Waals surface area contributed by atoms with Gasteiger partial charge in [0.1, 0.15) is 0 Å². The predicted octanol–water partition coefficient (Wildman–Crippen LogP) is 7.19. The van der Waals surface area contributed by atoms with Gasteiger partial charge in [-0.1, -0.05) is 109 Å². The van der Waals surface area contributed by atoms with Crippen molar-refractivity contribution in [3.63, 3.8) is 0 Å². The summed E-state index contributed by atoms with van der Waals surface area (Å²) in [6.45, 7) is 0. The van der Waals surface area contributed by atoms with Gasteiger partial charge in [-0.05, 0) is 33.9 Å². The van der Waals surface area contributed by atoms with Crippen molar-refractivity contribution < 1.29 is 0 Å². The van der Waals surface area contributed by atoms with Crippen LogP contribution in [-0.4, -0.2) is 15.0 Å². The third-order valence-electron chi connectivity index (χ3n) is 5.11. The molecular formula is C27H18ClN3. The van der Waals surface area contributed by atoms with E-state index in [0.29, 0.717) is 11.6 Å². The fourth-order valence-electron chi connectivity index (χ4n) is 3.59. The lowest BCUT2D eigenvalue weighted by Gasteiger charge is -2.10. The van der Waals surface area contributed by atoms with E-state index in [9.17, 15) is 0 Å². The molecular weight excluding hydrogens is 402 g/mol. The fraction of sp³-hybridized carbons (Fsp3) is 0.